The molecule has 0 atom stereocenters. The van der Waals surface area contributed by atoms with Crippen molar-refractivity contribution >= 4 is 11.6 Å². The van der Waals surface area contributed by atoms with Crippen molar-refractivity contribution in [2.75, 3.05) is 0 Å². The first-order chi connectivity index (χ1) is 9.79. The Labute approximate surface area is 123 Å². The number of benzene rings is 1. The Bertz CT molecular complexity index is 564. The van der Waals surface area contributed by atoms with Gasteiger partial charge in [0.1, 0.15) is 0 Å². The Morgan fingerprint density at radius 1 is 1.30 bits per heavy atom. The lowest BCUT2D eigenvalue weighted by atomic mass is 10.1. The lowest BCUT2D eigenvalue weighted by Crippen LogP contribution is -2.25. The monoisotopic (exact) mass is 291 g/mol. The van der Waals surface area contributed by atoms with Crippen LogP contribution >= 0.6 is 11.6 Å². The molecular formula is C15H18ClN3O. The molecule has 1 aromatic heterocycles. The Morgan fingerprint density at radius 3 is 2.95 bits per heavy atom. The van der Waals surface area contributed by atoms with Crippen molar-refractivity contribution in [1.82, 2.24) is 15.5 Å². The van der Waals surface area contributed by atoms with Gasteiger partial charge in [0.15, 0.2) is 5.82 Å². The highest BCUT2D eigenvalue weighted by atomic mass is 35.5. The van der Waals surface area contributed by atoms with E-state index >= 15 is 0 Å². The van der Waals surface area contributed by atoms with Gasteiger partial charge in [-0.15, -0.1) is 0 Å². The molecule has 2 aromatic rings. The molecule has 0 saturated heterocycles. The Balaban J connectivity index is 1.56. The topological polar surface area (TPSA) is 51.0 Å². The van der Waals surface area contributed by atoms with Crippen molar-refractivity contribution in [3.05, 3.63) is 46.6 Å². The molecule has 4 nitrogen and oxygen atoms in total. The van der Waals surface area contributed by atoms with Crippen molar-refractivity contribution in [2.45, 2.75) is 44.7 Å². The van der Waals surface area contributed by atoms with Gasteiger partial charge in [-0.2, -0.15) is 4.98 Å². The average Bonchev–Trinajstić information content (AvgIpc) is 3.07. The van der Waals surface area contributed by atoms with Crippen molar-refractivity contribution < 1.29 is 4.52 Å². The molecule has 1 fully saturated rings. The zero-order valence-electron chi connectivity index (χ0n) is 11.3. The van der Waals surface area contributed by atoms with Gasteiger partial charge in [-0.3, -0.25) is 0 Å². The van der Waals surface area contributed by atoms with E-state index in [0.717, 1.165) is 10.6 Å². The van der Waals surface area contributed by atoms with Gasteiger partial charge in [-0.25, -0.2) is 0 Å². The minimum Gasteiger partial charge on any atom is -0.338 e. The maximum atomic E-state index is 5.96. The van der Waals surface area contributed by atoms with Gasteiger partial charge in [0.25, 0.3) is 0 Å². The molecule has 3 rings (SSSR count). The third kappa shape index (κ3) is 3.58. The summed E-state index contributed by atoms with van der Waals surface area (Å²) in [7, 11) is 0. The minimum absolute atomic E-state index is 0.610. The molecule has 0 radical (unpaired) electrons. The van der Waals surface area contributed by atoms with Crippen LogP contribution in [0.5, 0.6) is 0 Å². The van der Waals surface area contributed by atoms with Crippen LogP contribution in [0.4, 0.5) is 0 Å². The molecule has 20 heavy (non-hydrogen) atoms. The Morgan fingerprint density at radius 2 is 2.15 bits per heavy atom. The molecule has 106 valence electrons. The van der Waals surface area contributed by atoms with Gasteiger partial charge in [-0.05, 0) is 30.5 Å². The highest BCUT2D eigenvalue weighted by Gasteiger charge is 2.15. The van der Waals surface area contributed by atoms with Crippen LogP contribution < -0.4 is 5.32 Å². The van der Waals surface area contributed by atoms with Crippen LogP contribution in [0.15, 0.2) is 28.8 Å². The van der Waals surface area contributed by atoms with Crippen molar-refractivity contribution in [1.29, 1.82) is 0 Å². The smallest absolute Gasteiger partial charge is 0.240 e. The predicted octanol–water partition coefficient (Wildman–Crippen LogP) is 3.35. The second-order valence-electron chi connectivity index (χ2n) is 5.27. The maximum absolute atomic E-state index is 5.96. The number of nitrogens with zero attached hydrogens (tertiary/aromatic N) is 2. The van der Waals surface area contributed by atoms with Crippen LogP contribution in [-0.2, 0) is 13.0 Å². The van der Waals surface area contributed by atoms with Crippen LogP contribution in [0.3, 0.4) is 0 Å². The zero-order valence-corrected chi connectivity index (χ0v) is 12.1. The first kappa shape index (κ1) is 13.6. The van der Waals surface area contributed by atoms with Gasteiger partial charge in [0, 0.05) is 17.5 Å². The Kier molecular flexibility index (Phi) is 4.33. The number of hydrogen-bond donors (Lipinski definition) is 1. The molecule has 0 spiro atoms. The van der Waals surface area contributed by atoms with Crippen molar-refractivity contribution in [3.63, 3.8) is 0 Å². The summed E-state index contributed by atoms with van der Waals surface area (Å²) in [6.07, 6.45) is 5.80. The molecule has 0 bridgehead atoms. The summed E-state index contributed by atoms with van der Waals surface area (Å²) in [6.45, 7) is 0.660. The molecule has 1 heterocycles. The van der Waals surface area contributed by atoms with Crippen molar-refractivity contribution in [3.8, 4) is 0 Å². The van der Waals surface area contributed by atoms with Crippen LogP contribution in [0.2, 0.25) is 5.02 Å². The number of nitrogens with one attached hydrogen (secondary N) is 1. The number of hydrogen-bond acceptors (Lipinski definition) is 4. The summed E-state index contributed by atoms with van der Waals surface area (Å²) in [4.78, 5) is 4.41. The summed E-state index contributed by atoms with van der Waals surface area (Å²) in [5.74, 6) is 1.37. The van der Waals surface area contributed by atoms with Crippen LogP contribution in [0.1, 0.15) is 43.0 Å². The van der Waals surface area contributed by atoms with Gasteiger partial charge >= 0.3 is 0 Å². The van der Waals surface area contributed by atoms with E-state index in [0.29, 0.717) is 30.7 Å². The van der Waals surface area contributed by atoms with Crippen LogP contribution in [0.25, 0.3) is 0 Å². The second kappa shape index (κ2) is 6.37. The summed E-state index contributed by atoms with van der Waals surface area (Å²) in [5.41, 5.74) is 1.09. The molecule has 1 N–H and O–H groups in total. The van der Waals surface area contributed by atoms with E-state index in [-0.39, 0.29) is 0 Å². The first-order valence-electron chi connectivity index (χ1n) is 7.09. The molecule has 1 aromatic carbocycles. The number of rotatable bonds is 5. The Hall–Kier alpha value is -1.39. The highest BCUT2D eigenvalue weighted by Crippen LogP contribution is 2.18. The lowest BCUT2D eigenvalue weighted by molar-refractivity contribution is 0.353. The quantitative estimate of drug-likeness (QED) is 0.918. The summed E-state index contributed by atoms with van der Waals surface area (Å²) in [6, 6.07) is 8.34. The van der Waals surface area contributed by atoms with E-state index in [4.69, 9.17) is 16.1 Å². The molecule has 0 amide bonds. The minimum atomic E-state index is 0.610. The maximum Gasteiger partial charge on any atom is 0.240 e. The van der Waals surface area contributed by atoms with Crippen LogP contribution in [0, 0.1) is 0 Å². The third-order valence-corrected chi connectivity index (χ3v) is 3.89. The fraction of sp³-hybridized carbons (Fsp3) is 0.467. The zero-order chi connectivity index (χ0) is 13.8. The van der Waals surface area contributed by atoms with E-state index in [1.165, 1.54) is 25.7 Å². The van der Waals surface area contributed by atoms with Crippen LogP contribution in [-0.4, -0.2) is 16.2 Å². The molecule has 1 aliphatic rings. The molecule has 5 heteroatoms. The standard InChI is InChI=1S/C15H18ClN3O/c16-12-5-3-4-11(8-12)9-14-18-15(20-19-14)10-17-13-6-1-2-7-13/h3-5,8,13,17H,1-2,6-7,9-10H2. The third-order valence-electron chi connectivity index (χ3n) is 3.66. The number of halogens is 1. The summed E-state index contributed by atoms with van der Waals surface area (Å²) in [5, 5.41) is 8.21. The van der Waals surface area contributed by atoms with Gasteiger partial charge in [0.05, 0.1) is 6.54 Å². The lowest BCUT2D eigenvalue weighted by Gasteiger charge is -2.08. The second-order valence-corrected chi connectivity index (χ2v) is 5.71. The van der Waals surface area contributed by atoms with Gasteiger partial charge in [-0.1, -0.05) is 41.7 Å². The van der Waals surface area contributed by atoms with E-state index in [1.54, 1.807) is 0 Å². The summed E-state index contributed by atoms with van der Waals surface area (Å²) < 4.78 is 5.27. The van der Waals surface area contributed by atoms with E-state index in [9.17, 15) is 0 Å². The SMILES string of the molecule is Clc1cccc(Cc2noc(CNC3CCCC3)n2)c1. The highest BCUT2D eigenvalue weighted by molar-refractivity contribution is 6.30. The molecule has 1 aliphatic carbocycles. The van der Waals surface area contributed by atoms with E-state index in [1.807, 2.05) is 24.3 Å². The number of aromatic nitrogens is 2. The molecule has 0 aliphatic heterocycles. The molecular weight excluding hydrogens is 274 g/mol. The molecule has 1 saturated carbocycles. The first-order valence-corrected chi connectivity index (χ1v) is 7.47. The average molecular weight is 292 g/mol. The molecule has 0 unspecified atom stereocenters. The largest absolute Gasteiger partial charge is 0.338 e. The van der Waals surface area contributed by atoms with Gasteiger partial charge < -0.3 is 9.84 Å². The van der Waals surface area contributed by atoms with E-state index < -0.39 is 0 Å². The fourth-order valence-electron chi connectivity index (χ4n) is 2.62. The fourth-order valence-corrected chi connectivity index (χ4v) is 2.84. The van der Waals surface area contributed by atoms with Gasteiger partial charge in [0.2, 0.25) is 5.89 Å². The van der Waals surface area contributed by atoms with E-state index in [2.05, 4.69) is 15.5 Å². The normalized spacial score (nSPS) is 15.8. The summed E-state index contributed by atoms with van der Waals surface area (Å²) >= 11 is 5.96. The predicted molar refractivity (Wildman–Crippen MR) is 77.7 cm³/mol. The van der Waals surface area contributed by atoms with Crippen molar-refractivity contribution in [2.24, 2.45) is 0 Å².